The summed E-state index contributed by atoms with van der Waals surface area (Å²) in [5, 5.41) is 10.6. The van der Waals surface area contributed by atoms with Crippen LogP contribution >= 0.6 is 12.2 Å². The van der Waals surface area contributed by atoms with E-state index in [1.807, 2.05) is 20.8 Å². The summed E-state index contributed by atoms with van der Waals surface area (Å²) in [6.45, 7) is 6.15. The largest absolute Gasteiger partial charge is 0.460 e. The van der Waals surface area contributed by atoms with Crippen LogP contribution in [0.1, 0.15) is 68.9 Å². The molecular weight excluding hydrogens is 376 g/mol. The molecule has 152 valence electrons. The van der Waals surface area contributed by atoms with Crippen molar-refractivity contribution >= 4 is 40.0 Å². The van der Waals surface area contributed by atoms with Gasteiger partial charge in [0.05, 0.1) is 5.52 Å². The van der Waals surface area contributed by atoms with E-state index in [4.69, 9.17) is 22.7 Å². The molecule has 28 heavy (non-hydrogen) atoms. The lowest BCUT2D eigenvalue weighted by molar-refractivity contribution is -0.154. The second-order valence-corrected chi connectivity index (χ2v) is 8.14. The molecule has 0 saturated carbocycles. The zero-order chi connectivity index (χ0) is 20.7. The maximum Gasteiger partial charge on any atom is 0.306 e. The van der Waals surface area contributed by atoms with Gasteiger partial charge in [0.15, 0.2) is 5.69 Å². The van der Waals surface area contributed by atoms with Crippen molar-refractivity contribution in [3.63, 3.8) is 0 Å². The number of aromatic amines is 1. The zero-order valence-corrected chi connectivity index (χ0v) is 17.4. The SMILES string of the molecule is CC(C)(C)OC(=O)CCCCCCNC(=O)c1n[nH]c2cc(C(N)=S)ccc12. The second kappa shape index (κ2) is 9.64. The van der Waals surface area contributed by atoms with Gasteiger partial charge in [0.2, 0.25) is 0 Å². The molecule has 0 aliphatic heterocycles. The Bertz CT molecular complexity index is 855. The average molecular weight is 405 g/mol. The number of nitrogens with zero attached hydrogens (tertiary/aromatic N) is 1. The lowest BCUT2D eigenvalue weighted by atomic mass is 10.1. The first-order chi connectivity index (χ1) is 13.2. The number of hydrogen-bond donors (Lipinski definition) is 3. The Morgan fingerprint density at radius 3 is 2.61 bits per heavy atom. The van der Waals surface area contributed by atoms with Crippen LogP contribution in [0.2, 0.25) is 0 Å². The molecule has 0 fully saturated rings. The number of thiocarbonyl (C=S) groups is 1. The van der Waals surface area contributed by atoms with Crippen LogP contribution in [-0.2, 0) is 9.53 Å². The first-order valence-corrected chi connectivity index (χ1v) is 9.86. The van der Waals surface area contributed by atoms with Crippen molar-refractivity contribution in [3.8, 4) is 0 Å². The standard InChI is InChI=1S/C20H28N4O3S/c1-20(2,3)27-16(25)8-6-4-5-7-11-22-19(26)17-14-10-9-13(18(21)28)12-15(14)23-24-17/h9-10,12H,4-8,11H2,1-3H3,(H2,21,28)(H,22,26)(H,23,24). The molecule has 2 aromatic rings. The molecule has 0 aliphatic carbocycles. The van der Waals surface area contributed by atoms with Crippen LogP contribution < -0.4 is 11.1 Å². The van der Waals surface area contributed by atoms with E-state index >= 15 is 0 Å². The third-order valence-corrected chi connectivity index (χ3v) is 4.31. The molecule has 1 amide bonds. The van der Waals surface area contributed by atoms with Gasteiger partial charge >= 0.3 is 5.97 Å². The molecule has 1 aromatic heterocycles. The number of nitrogens with one attached hydrogen (secondary N) is 2. The van der Waals surface area contributed by atoms with Crippen LogP contribution in [0, 0.1) is 0 Å². The Morgan fingerprint density at radius 1 is 1.21 bits per heavy atom. The molecule has 0 atom stereocenters. The molecule has 8 heteroatoms. The van der Waals surface area contributed by atoms with Gasteiger partial charge in [0.1, 0.15) is 10.6 Å². The van der Waals surface area contributed by atoms with Crippen LogP contribution in [0.4, 0.5) is 0 Å². The van der Waals surface area contributed by atoms with Gasteiger partial charge in [-0.25, -0.2) is 0 Å². The molecule has 4 N–H and O–H groups in total. The van der Waals surface area contributed by atoms with Crippen molar-refractivity contribution < 1.29 is 14.3 Å². The molecular formula is C20H28N4O3S. The highest BCUT2D eigenvalue weighted by Gasteiger charge is 2.16. The lowest BCUT2D eigenvalue weighted by Crippen LogP contribution is -2.25. The number of rotatable bonds is 9. The fourth-order valence-electron chi connectivity index (χ4n) is 2.77. The highest BCUT2D eigenvalue weighted by atomic mass is 32.1. The minimum absolute atomic E-state index is 0.162. The molecule has 1 aromatic carbocycles. The van der Waals surface area contributed by atoms with E-state index in [0.717, 1.165) is 42.1 Å². The van der Waals surface area contributed by atoms with Gasteiger partial charge in [-0.2, -0.15) is 5.10 Å². The summed E-state index contributed by atoms with van der Waals surface area (Å²) in [4.78, 5) is 24.3. The summed E-state index contributed by atoms with van der Waals surface area (Å²) in [5.74, 6) is -0.382. The Morgan fingerprint density at radius 2 is 1.93 bits per heavy atom. The predicted octanol–water partition coefficient (Wildman–Crippen LogP) is 3.22. The van der Waals surface area contributed by atoms with Crippen molar-refractivity contribution in [2.24, 2.45) is 5.73 Å². The van der Waals surface area contributed by atoms with E-state index in [1.165, 1.54) is 0 Å². The van der Waals surface area contributed by atoms with Crippen LogP contribution in [-0.4, -0.2) is 39.2 Å². The minimum Gasteiger partial charge on any atom is -0.460 e. The topological polar surface area (TPSA) is 110 Å². The van der Waals surface area contributed by atoms with Crippen molar-refractivity contribution in [2.45, 2.75) is 58.5 Å². The quantitative estimate of drug-likeness (QED) is 0.336. The van der Waals surface area contributed by atoms with E-state index in [2.05, 4.69) is 15.5 Å². The number of benzene rings is 1. The fraction of sp³-hybridized carbons (Fsp3) is 0.500. The van der Waals surface area contributed by atoms with Crippen molar-refractivity contribution in [2.75, 3.05) is 6.54 Å². The van der Waals surface area contributed by atoms with E-state index in [-0.39, 0.29) is 11.9 Å². The van der Waals surface area contributed by atoms with Gasteiger partial charge in [-0.1, -0.05) is 31.1 Å². The minimum atomic E-state index is -0.435. The Kier molecular flexibility index (Phi) is 7.51. The van der Waals surface area contributed by atoms with Crippen molar-refractivity contribution in [1.82, 2.24) is 15.5 Å². The van der Waals surface area contributed by atoms with Crippen molar-refractivity contribution in [1.29, 1.82) is 0 Å². The zero-order valence-electron chi connectivity index (χ0n) is 16.6. The number of ether oxygens (including phenoxy) is 1. The van der Waals surface area contributed by atoms with Gasteiger partial charge in [0, 0.05) is 23.9 Å². The van der Waals surface area contributed by atoms with Crippen LogP contribution in [0.5, 0.6) is 0 Å². The lowest BCUT2D eigenvalue weighted by Gasteiger charge is -2.19. The van der Waals surface area contributed by atoms with E-state index in [0.29, 0.717) is 23.6 Å². The molecule has 0 aliphatic rings. The highest BCUT2D eigenvalue weighted by Crippen LogP contribution is 2.18. The Labute approximate surface area is 170 Å². The number of amides is 1. The van der Waals surface area contributed by atoms with E-state index < -0.39 is 5.60 Å². The third-order valence-electron chi connectivity index (χ3n) is 4.08. The first kappa shape index (κ1) is 21.8. The number of carbonyl (C=O) groups excluding carboxylic acids is 2. The fourth-order valence-corrected chi connectivity index (χ4v) is 2.90. The number of esters is 1. The maximum atomic E-state index is 12.3. The van der Waals surface area contributed by atoms with E-state index in [9.17, 15) is 9.59 Å². The predicted molar refractivity (Wildman–Crippen MR) is 113 cm³/mol. The monoisotopic (exact) mass is 404 g/mol. The Balaban J connectivity index is 1.70. The Hall–Kier alpha value is -2.48. The van der Waals surface area contributed by atoms with Gasteiger partial charge in [-0.3, -0.25) is 14.7 Å². The number of carbonyl (C=O) groups is 2. The molecule has 0 radical (unpaired) electrons. The van der Waals surface area contributed by atoms with Crippen LogP contribution in [0.15, 0.2) is 18.2 Å². The summed E-state index contributed by atoms with van der Waals surface area (Å²) >= 11 is 4.96. The van der Waals surface area contributed by atoms with Gasteiger partial charge in [-0.15, -0.1) is 0 Å². The van der Waals surface area contributed by atoms with Gasteiger partial charge in [-0.05, 0) is 45.7 Å². The van der Waals surface area contributed by atoms with Gasteiger partial charge in [0.25, 0.3) is 5.91 Å². The highest BCUT2D eigenvalue weighted by molar-refractivity contribution is 7.80. The first-order valence-electron chi connectivity index (χ1n) is 9.45. The maximum absolute atomic E-state index is 12.3. The molecule has 2 rings (SSSR count). The second-order valence-electron chi connectivity index (χ2n) is 7.70. The summed E-state index contributed by atoms with van der Waals surface area (Å²) in [6.07, 6.45) is 3.91. The summed E-state index contributed by atoms with van der Waals surface area (Å²) in [7, 11) is 0. The van der Waals surface area contributed by atoms with Crippen molar-refractivity contribution in [3.05, 3.63) is 29.5 Å². The van der Waals surface area contributed by atoms with E-state index in [1.54, 1.807) is 18.2 Å². The van der Waals surface area contributed by atoms with Crippen LogP contribution in [0.25, 0.3) is 10.9 Å². The smallest absolute Gasteiger partial charge is 0.306 e. The number of fused-ring (bicyclic) bond motifs is 1. The number of nitrogens with two attached hydrogens (primary N) is 1. The average Bonchev–Trinajstić information content (AvgIpc) is 3.02. The number of H-pyrrole nitrogens is 1. The molecule has 0 saturated heterocycles. The summed E-state index contributed by atoms with van der Waals surface area (Å²) in [6, 6.07) is 5.35. The molecule has 0 unspecified atom stereocenters. The molecule has 0 spiro atoms. The third kappa shape index (κ3) is 6.60. The number of unbranched alkanes of at least 4 members (excludes halogenated alkanes) is 3. The number of hydrogen-bond acceptors (Lipinski definition) is 5. The molecule has 0 bridgehead atoms. The normalized spacial score (nSPS) is 11.4. The number of aromatic nitrogens is 2. The summed E-state index contributed by atoms with van der Waals surface area (Å²) < 4.78 is 5.27. The van der Waals surface area contributed by atoms with Crippen LogP contribution in [0.3, 0.4) is 0 Å². The summed E-state index contributed by atoms with van der Waals surface area (Å²) in [5.41, 5.74) is 6.99. The molecule has 7 nitrogen and oxygen atoms in total. The molecule has 1 heterocycles. The van der Waals surface area contributed by atoms with Gasteiger partial charge < -0.3 is 15.8 Å².